The standard InChI is InChI=1S/C18H28N2O5S/c1-14-7-10-19(11-8-14)18(21)9-12-20(26(4,22)23)16-13-15(24-2)5-6-17(16)25-3/h5-6,13-14H,7-12H2,1-4H3. The molecule has 0 aliphatic carbocycles. The summed E-state index contributed by atoms with van der Waals surface area (Å²) < 4.78 is 36.4. The molecule has 1 aromatic rings. The second kappa shape index (κ2) is 8.62. The van der Waals surface area contributed by atoms with Crippen LogP contribution in [0, 0.1) is 5.92 Å². The Balaban J connectivity index is 2.18. The summed E-state index contributed by atoms with van der Waals surface area (Å²) in [6, 6.07) is 4.95. The van der Waals surface area contributed by atoms with E-state index in [9.17, 15) is 13.2 Å². The fraction of sp³-hybridized carbons (Fsp3) is 0.611. The topological polar surface area (TPSA) is 76.2 Å². The Hall–Kier alpha value is -1.96. The van der Waals surface area contributed by atoms with E-state index in [4.69, 9.17) is 9.47 Å². The number of hydrogen-bond acceptors (Lipinski definition) is 5. The summed E-state index contributed by atoms with van der Waals surface area (Å²) in [5.41, 5.74) is 0.370. The predicted octanol–water partition coefficient (Wildman–Crippen LogP) is 2.12. The lowest BCUT2D eigenvalue weighted by Crippen LogP contribution is -2.40. The Kier molecular flexibility index (Phi) is 6.75. The van der Waals surface area contributed by atoms with Gasteiger partial charge in [0.15, 0.2) is 0 Å². The van der Waals surface area contributed by atoms with E-state index in [1.54, 1.807) is 18.2 Å². The fourth-order valence-corrected chi connectivity index (χ4v) is 3.99. The van der Waals surface area contributed by atoms with Crippen molar-refractivity contribution in [2.45, 2.75) is 26.2 Å². The van der Waals surface area contributed by atoms with Gasteiger partial charge in [-0.2, -0.15) is 0 Å². The molecule has 1 saturated heterocycles. The fourth-order valence-electron chi connectivity index (χ4n) is 3.07. The molecule has 7 nitrogen and oxygen atoms in total. The van der Waals surface area contributed by atoms with Crippen LogP contribution in [0.3, 0.4) is 0 Å². The summed E-state index contributed by atoms with van der Waals surface area (Å²) in [6.07, 6.45) is 3.23. The first-order valence-electron chi connectivity index (χ1n) is 8.73. The van der Waals surface area contributed by atoms with Gasteiger partial charge in [0.1, 0.15) is 11.5 Å². The Morgan fingerprint density at radius 3 is 2.42 bits per heavy atom. The van der Waals surface area contributed by atoms with Crippen molar-refractivity contribution in [1.82, 2.24) is 4.90 Å². The van der Waals surface area contributed by atoms with Crippen LogP contribution in [0.4, 0.5) is 5.69 Å². The molecule has 26 heavy (non-hydrogen) atoms. The van der Waals surface area contributed by atoms with Crippen molar-refractivity contribution in [3.05, 3.63) is 18.2 Å². The number of anilines is 1. The summed E-state index contributed by atoms with van der Waals surface area (Å²) in [5.74, 6) is 1.54. The highest BCUT2D eigenvalue weighted by Gasteiger charge is 2.25. The normalized spacial score (nSPS) is 15.6. The molecule has 0 spiro atoms. The molecule has 1 aliphatic rings. The zero-order valence-corrected chi connectivity index (χ0v) is 16.7. The van der Waals surface area contributed by atoms with Gasteiger partial charge in [0.25, 0.3) is 0 Å². The molecule has 1 aromatic carbocycles. The number of sulfonamides is 1. The zero-order chi connectivity index (χ0) is 19.3. The van der Waals surface area contributed by atoms with Gasteiger partial charge in [0, 0.05) is 32.1 Å². The summed E-state index contributed by atoms with van der Waals surface area (Å²) in [7, 11) is -0.595. The number of benzene rings is 1. The van der Waals surface area contributed by atoms with Gasteiger partial charge >= 0.3 is 0 Å². The van der Waals surface area contributed by atoms with Crippen LogP contribution in [0.2, 0.25) is 0 Å². The minimum absolute atomic E-state index is 0.0209. The number of likely N-dealkylation sites (tertiary alicyclic amines) is 1. The summed E-state index contributed by atoms with van der Waals surface area (Å²) >= 11 is 0. The smallest absolute Gasteiger partial charge is 0.232 e. The van der Waals surface area contributed by atoms with Crippen LogP contribution >= 0.6 is 0 Å². The SMILES string of the molecule is COc1ccc(OC)c(N(CCC(=O)N2CCC(C)CC2)S(C)(=O)=O)c1. The van der Waals surface area contributed by atoms with Gasteiger partial charge < -0.3 is 14.4 Å². The molecule has 1 heterocycles. The average Bonchev–Trinajstić information content (AvgIpc) is 2.61. The second-order valence-electron chi connectivity index (χ2n) is 6.69. The Morgan fingerprint density at radius 2 is 1.88 bits per heavy atom. The van der Waals surface area contributed by atoms with Gasteiger partial charge in [-0.1, -0.05) is 6.92 Å². The number of rotatable bonds is 7. The lowest BCUT2D eigenvalue weighted by atomic mass is 9.99. The minimum atomic E-state index is -3.58. The van der Waals surface area contributed by atoms with Gasteiger partial charge in [-0.25, -0.2) is 8.42 Å². The number of nitrogens with zero attached hydrogens (tertiary/aromatic N) is 2. The third-order valence-corrected chi connectivity index (χ3v) is 5.90. The summed E-state index contributed by atoms with van der Waals surface area (Å²) in [5, 5.41) is 0. The maximum absolute atomic E-state index is 12.5. The molecular weight excluding hydrogens is 356 g/mol. The molecule has 0 unspecified atom stereocenters. The van der Waals surface area contributed by atoms with Crippen LogP contribution in [0.1, 0.15) is 26.2 Å². The number of hydrogen-bond donors (Lipinski definition) is 0. The average molecular weight is 384 g/mol. The van der Waals surface area contributed by atoms with Crippen molar-refractivity contribution in [2.24, 2.45) is 5.92 Å². The number of amides is 1. The molecule has 0 atom stereocenters. The van der Waals surface area contributed by atoms with E-state index >= 15 is 0 Å². The number of carbonyl (C=O) groups is 1. The molecule has 8 heteroatoms. The maximum atomic E-state index is 12.5. The largest absolute Gasteiger partial charge is 0.497 e. The molecule has 0 bridgehead atoms. The summed E-state index contributed by atoms with van der Waals surface area (Å²) in [6.45, 7) is 3.72. The number of piperidine rings is 1. The molecule has 1 aliphatic heterocycles. The van der Waals surface area contributed by atoms with Crippen LogP contribution in [-0.2, 0) is 14.8 Å². The van der Waals surface area contributed by atoms with Gasteiger partial charge in [0.05, 0.1) is 26.2 Å². The third-order valence-electron chi connectivity index (χ3n) is 4.72. The van der Waals surface area contributed by atoms with E-state index < -0.39 is 10.0 Å². The quantitative estimate of drug-likeness (QED) is 0.720. The Bertz CT molecular complexity index is 727. The highest BCUT2D eigenvalue weighted by Crippen LogP contribution is 2.34. The van der Waals surface area contributed by atoms with Crippen LogP contribution in [0.25, 0.3) is 0 Å². The third kappa shape index (κ3) is 5.03. The van der Waals surface area contributed by atoms with Crippen molar-refractivity contribution >= 4 is 21.6 Å². The van der Waals surface area contributed by atoms with Crippen LogP contribution in [-0.4, -0.2) is 59.3 Å². The monoisotopic (exact) mass is 384 g/mol. The maximum Gasteiger partial charge on any atom is 0.232 e. The van der Waals surface area contributed by atoms with Crippen molar-refractivity contribution in [3.63, 3.8) is 0 Å². The van der Waals surface area contributed by atoms with Crippen molar-refractivity contribution < 1.29 is 22.7 Å². The van der Waals surface area contributed by atoms with Gasteiger partial charge in [0.2, 0.25) is 15.9 Å². The Morgan fingerprint density at radius 1 is 1.23 bits per heavy atom. The Labute approximate surface area is 155 Å². The van der Waals surface area contributed by atoms with Crippen LogP contribution in [0.15, 0.2) is 18.2 Å². The molecule has 0 radical (unpaired) electrons. The number of carbonyl (C=O) groups excluding carboxylic acids is 1. The molecule has 0 N–H and O–H groups in total. The predicted molar refractivity (Wildman–Crippen MR) is 101 cm³/mol. The molecule has 0 saturated carbocycles. The van der Waals surface area contributed by atoms with E-state index in [1.165, 1.54) is 18.5 Å². The van der Waals surface area contributed by atoms with E-state index in [0.29, 0.717) is 23.1 Å². The lowest BCUT2D eigenvalue weighted by Gasteiger charge is -2.31. The van der Waals surface area contributed by atoms with Crippen molar-refractivity contribution in [2.75, 3.05) is 44.4 Å². The molecule has 146 valence electrons. The highest BCUT2D eigenvalue weighted by atomic mass is 32.2. The second-order valence-corrected chi connectivity index (χ2v) is 8.59. The van der Waals surface area contributed by atoms with E-state index in [1.807, 2.05) is 4.90 Å². The molecule has 2 rings (SSSR count). The minimum Gasteiger partial charge on any atom is -0.497 e. The van der Waals surface area contributed by atoms with Crippen molar-refractivity contribution in [3.8, 4) is 11.5 Å². The molecule has 1 amide bonds. The molecule has 1 fully saturated rings. The van der Waals surface area contributed by atoms with E-state index in [-0.39, 0.29) is 18.9 Å². The van der Waals surface area contributed by atoms with E-state index in [2.05, 4.69) is 6.92 Å². The van der Waals surface area contributed by atoms with Gasteiger partial charge in [-0.05, 0) is 30.9 Å². The first kappa shape index (κ1) is 20.4. The number of ether oxygens (including phenoxy) is 2. The molecular formula is C18H28N2O5S. The van der Waals surface area contributed by atoms with Crippen LogP contribution < -0.4 is 13.8 Å². The van der Waals surface area contributed by atoms with Gasteiger partial charge in [-0.3, -0.25) is 9.10 Å². The first-order chi connectivity index (χ1) is 12.3. The lowest BCUT2D eigenvalue weighted by molar-refractivity contribution is -0.132. The first-order valence-corrected chi connectivity index (χ1v) is 10.6. The summed E-state index contributed by atoms with van der Waals surface area (Å²) in [4.78, 5) is 14.3. The van der Waals surface area contributed by atoms with E-state index in [0.717, 1.165) is 32.2 Å². The number of methoxy groups -OCH3 is 2. The molecule has 0 aromatic heterocycles. The van der Waals surface area contributed by atoms with Gasteiger partial charge in [-0.15, -0.1) is 0 Å². The van der Waals surface area contributed by atoms with Crippen LogP contribution in [0.5, 0.6) is 11.5 Å². The van der Waals surface area contributed by atoms with Crippen molar-refractivity contribution in [1.29, 1.82) is 0 Å². The zero-order valence-electron chi connectivity index (χ0n) is 15.9. The highest BCUT2D eigenvalue weighted by molar-refractivity contribution is 7.92.